The third-order valence-corrected chi connectivity index (χ3v) is 5.02. The van der Waals surface area contributed by atoms with Crippen LogP contribution < -0.4 is 5.32 Å². The van der Waals surface area contributed by atoms with Crippen molar-refractivity contribution in [2.24, 2.45) is 0 Å². The quantitative estimate of drug-likeness (QED) is 0.709. The molecule has 0 fully saturated rings. The van der Waals surface area contributed by atoms with Crippen LogP contribution in [0, 0.1) is 0 Å². The van der Waals surface area contributed by atoms with Crippen LogP contribution in [-0.2, 0) is 17.9 Å². The zero-order valence-corrected chi connectivity index (χ0v) is 15.2. The van der Waals surface area contributed by atoms with E-state index in [9.17, 15) is 4.79 Å². The summed E-state index contributed by atoms with van der Waals surface area (Å²) in [7, 11) is 1.95. The Balaban J connectivity index is 1.55. The second-order valence-electron chi connectivity index (χ2n) is 6.02. The first-order valence-electron chi connectivity index (χ1n) is 8.23. The lowest BCUT2D eigenvalue weighted by Crippen LogP contribution is -2.42. The van der Waals surface area contributed by atoms with Gasteiger partial charge in [-0.15, -0.1) is 11.3 Å². The fraction of sp³-hybridized carbons (Fsp3) is 0.263. The Labute approximate surface area is 151 Å². The molecule has 2 heterocycles. The molecule has 130 valence electrons. The minimum absolute atomic E-state index is 0.0337. The molecule has 1 amide bonds. The highest BCUT2D eigenvalue weighted by atomic mass is 32.1. The summed E-state index contributed by atoms with van der Waals surface area (Å²) >= 11 is 1.65. The molecule has 1 aromatic carbocycles. The van der Waals surface area contributed by atoms with E-state index in [2.05, 4.69) is 10.4 Å². The van der Waals surface area contributed by atoms with E-state index in [-0.39, 0.29) is 11.9 Å². The molecule has 0 bridgehead atoms. The summed E-state index contributed by atoms with van der Waals surface area (Å²) in [5.41, 5.74) is 2.10. The summed E-state index contributed by atoms with van der Waals surface area (Å²) in [4.78, 5) is 15.5. The van der Waals surface area contributed by atoms with Crippen LogP contribution in [-0.4, -0.2) is 33.7 Å². The summed E-state index contributed by atoms with van der Waals surface area (Å²) < 4.78 is 1.85. The van der Waals surface area contributed by atoms with Gasteiger partial charge in [0.15, 0.2) is 0 Å². The second kappa shape index (κ2) is 8.09. The van der Waals surface area contributed by atoms with E-state index >= 15 is 0 Å². The number of benzene rings is 1. The first-order chi connectivity index (χ1) is 12.1. The zero-order chi connectivity index (χ0) is 17.6. The van der Waals surface area contributed by atoms with E-state index in [4.69, 9.17) is 0 Å². The monoisotopic (exact) mass is 354 g/mol. The number of thiophene rings is 1. The molecule has 2 aromatic heterocycles. The second-order valence-corrected chi connectivity index (χ2v) is 7.05. The molecule has 0 aliphatic carbocycles. The summed E-state index contributed by atoms with van der Waals surface area (Å²) in [5, 5.41) is 9.41. The van der Waals surface area contributed by atoms with Gasteiger partial charge in [-0.2, -0.15) is 5.10 Å². The average Bonchev–Trinajstić information content (AvgIpc) is 3.31. The number of aromatic nitrogens is 2. The van der Waals surface area contributed by atoms with Gasteiger partial charge < -0.3 is 5.32 Å². The van der Waals surface area contributed by atoms with Crippen molar-refractivity contribution in [1.29, 1.82) is 0 Å². The molecular weight excluding hydrogens is 332 g/mol. The van der Waals surface area contributed by atoms with Crippen molar-refractivity contribution in [3.8, 4) is 5.69 Å². The molecule has 25 heavy (non-hydrogen) atoms. The van der Waals surface area contributed by atoms with Crippen LogP contribution in [0.4, 0.5) is 0 Å². The van der Waals surface area contributed by atoms with Gasteiger partial charge in [-0.05, 0) is 37.6 Å². The van der Waals surface area contributed by atoms with Gasteiger partial charge in [-0.1, -0.05) is 24.3 Å². The van der Waals surface area contributed by atoms with Crippen molar-refractivity contribution in [2.45, 2.75) is 26.1 Å². The predicted molar refractivity (Wildman–Crippen MR) is 101 cm³/mol. The number of nitrogens with one attached hydrogen (secondary N) is 1. The number of para-hydroxylation sites is 1. The highest BCUT2D eigenvalue weighted by Crippen LogP contribution is 2.11. The smallest absolute Gasteiger partial charge is 0.237 e. The molecule has 0 aliphatic rings. The van der Waals surface area contributed by atoms with E-state index < -0.39 is 0 Å². The maximum Gasteiger partial charge on any atom is 0.237 e. The Bertz CT molecular complexity index is 798. The average molecular weight is 354 g/mol. The molecule has 1 N–H and O–H groups in total. The Morgan fingerprint density at radius 2 is 2.08 bits per heavy atom. The Kier molecular flexibility index (Phi) is 5.63. The predicted octanol–water partition coefficient (Wildman–Crippen LogP) is 3.07. The highest BCUT2D eigenvalue weighted by molar-refractivity contribution is 7.09. The molecular formula is C19H22N4OS. The Morgan fingerprint density at radius 1 is 1.28 bits per heavy atom. The first-order valence-corrected chi connectivity index (χ1v) is 9.11. The molecule has 0 spiro atoms. The van der Waals surface area contributed by atoms with Crippen LogP contribution in [0.3, 0.4) is 0 Å². The van der Waals surface area contributed by atoms with Crippen LogP contribution >= 0.6 is 11.3 Å². The van der Waals surface area contributed by atoms with Crippen LogP contribution in [0.15, 0.2) is 60.2 Å². The maximum absolute atomic E-state index is 12.3. The zero-order valence-electron chi connectivity index (χ0n) is 14.4. The van der Waals surface area contributed by atoms with E-state index in [0.29, 0.717) is 13.1 Å². The number of carbonyl (C=O) groups excluding carboxylic acids is 1. The lowest BCUT2D eigenvalue weighted by atomic mass is 10.2. The Morgan fingerprint density at radius 3 is 2.80 bits per heavy atom. The molecule has 3 aromatic rings. The fourth-order valence-electron chi connectivity index (χ4n) is 2.52. The fourth-order valence-corrected chi connectivity index (χ4v) is 3.17. The van der Waals surface area contributed by atoms with Crippen molar-refractivity contribution < 1.29 is 4.79 Å². The highest BCUT2D eigenvalue weighted by Gasteiger charge is 2.18. The third kappa shape index (κ3) is 4.55. The lowest BCUT2D eigenvalue weighted by molar-refractivity contribution is -0.125. The van der Waals surface area contributed by atoms with Gasteiger partial charge in [0.25, 0.3) is 0 Å². The summed E-state index contributed by atoms with van der Waals surface area (Å²) in [6.07, 6.45) is 3.85. The molecule has 3 rings (SSSR count). The molecule has 0 aliphatic heterocycles. The molecule has 6 heteroatoms. The van der Waals surface area contributed by atoms with E-state index in [0.717, 1.165) is 16.1 Å². The standard InChI is InChI=1S/C19H22N4OS/c1-15(19(24)20-12-18-9-6-10-25-18)22(2)13-16-11-21-23(14-16)17-7-4-3-5-8-17/h3-11,14-15H,12-13H2,1-2H3,(H,20,24). The van der Waals surface area contributed by atoms with Crippen molar-refractivity contribution >= 4 is 17.2 Å². The molecule has 0 radical (unpaired) electrons. The number of likely N-dealkylation sites (N-methyl/N-ethyl adjacent to an activating group) is 1. The van der Waals surface area contributed by atoms with Gasteiger partial charge >= 0.3 is 0 Å². The van der Waals surface area contributed by atoms with Gasteiger partial charge in [-0.3, -0.25) is 9.69 Å². The van der Waals surface area contributed by atoms with Gasteiger partial charge in [0, 0.05) is 23.2 Å². The number of hydrogen-bond donors (Lipinski definition) is 1. The normalized spacial score (nSPS) is 12.3. The molecule has 1 atom stereocenters. The van der Waals surface area contributed by atoms with Crippen LogP contribution in [0.2, 0.25) is 0 Å². The lowest BCUT2D eigenvalue weighted by Gasteiger charge is -2.23. The Hall–Kier alpha value is -2.44. The van der Waals surface area contributed by atoms with E-state index in [1.165, 1.54) is 0 Å². The molecule has 5 nitrogen and oxygen atoms in total. The van der Waals surface area contributed by atoms with Crippen molar-refractivity contribution in [3.05, 3.63) is 70.7 Å². The molecule has 1 unspecified atom stereocenters. The maximum atomic E-state index is 12.3. The summed E-state index contributed by atoms with van der Waals surface area (Å²) in [6, 6.07) is 13.8. The number of carbonyl (C=O) groups is 1. The molecule has 0 saturated carbocycles. The minimum Gasteiger partial charge on any atom is -0.350 e. The minimum atomic E-state index is -0.208. The topological polar surface area (TPSA) is 50.2 Å². The van der Waals surface area contributed by atoms with Crippen LogP contribution in [0.25, 0.3) is 5.69 Å². The molecule has 0 saturated heterocycles. The van der Waals surface area contributed by atoms with Crippen LogP contribution in [0.1, 0.15) is 17.4 Å². The van der Waals surface area contributed by atoms with Crippen molar-refractivity contribution in [1.82, 2.24) is 20.0 Å². The van der Waals surface area contributed by atoms with Crippen molar-refractivity contribution in [2.75, 3.05) is 7.05 Å². The largest absolute Gasteiger partial charge is 0.350 e. The SMILES string of the molecule is CC(C(=O)NCc1cccs1)N(C)Cc1cnn(-c2ccccc2)c1. The number of hydrogen-bond acceptors (Lipinski definition) is 4. The number of amides is 1. The van der Waals surface area contributed by atoms with Gasteiger partial charge in [0.2, 0.25) is 5.91 Å². The van der Waals surface area contributed by atoms with Crippen LogP contribution in [0.5, 0.6) is 0 Å². The van der Waals surface area contributed by atoms with E-state index in [1.54, 1.807) is 11.3 Å². The van der Waals surface area contributed by atoms with Crippen molar-refractivity contribution in [3.63, 3.8) is 0 Å². The summed E-state index contributed by atoms with van der Waals surface area (Å²) in [6.45, 7) is 3.17. The number of rotatable bonds is 7. The van der Waals surface area contributed by atoms with E-state index in [1.807, 2.05) is 83.8 Å². The van der Waals surface area contributed by atoms with Gasteiger partial charge in [0.05, 0.1) is 24.5 Å². The third-order valence-electron chi connectivity index (χ3n) is 4.15. The first kappa shape index (κ1) is 17.4. The van der Waals surface area contributed by atoms with Gasteiger partial charge in [0.1, 0.15) is 0 Å². The van der Waals surface area contributed by atoms with Gasteiger partial charge in [-0.25, -0.2) is 4.68 Å². The number of nitrogens with zero attached hydrogens (tertiary/aromatic N) is 3. The summed E-state index contributed by atoms with van der Waals surface area (Å²) in [5.74, 6) is 0.0337.